The summed E-state index contributed by atoms with van der Waals surface area (Å²) in [6, 6.07) is 19.7. The van der Waals surface area contributed by atoms with E-state index in [9.17, 15) is 4.79 Å². The standard InChI is InChI=1S/C27H28N2O4/c1-18-9-7-8-12-21(18)28-27(30)24-23-20(15-22-25(26(23)31-3)33-17-32-22)13-14-29(24,2)16-19-10-5-4-6-11-19/h4-12,15,24H,13-14,16-17H2,1-3H3/p+1/t24-,29+/m0/s1. The van der Waals surface area contributed by atoms with E-state index in [2.05, 4.69) is 24.5 Å². The van der Waals surface area contributed by atoms with Crippen LogP contribution in [-0.2, 0) is 17.8 Å². The molecule has 3 aromatic carbocycles. The van der Waals surface area contributed by atoms with Crippen molar-refractivity contribution in [1.29, 1.82) is 0 Å². The van der Waals surface area contributed by atoms with Crippen molar-refractivity contribution in [3.63, 3.8) is 0 Å². The highest BCUT2D eigenvalue weighted by atomic mass is 16.7. The lowest BCUT2D eigenvalue weighted by Gasteiger charge is -2.45. The van der Waals surface area contributed by atoms with Crippen molar-refractivity contribution in [2.24, 2.45) is 0 Å². The number of carbonyl (C=O) groups excluding carboxylic acids is 1. The quantitative estimate of drug-likeness (QED) is 0.583. The largest absolute Gasteiger partial charge is 0.492 e. The van der Waals surface area contributed by atoms with Crippen LogP contribution in [-0.4, -0.2) is 37.9 Å². The van der Waals surface area contributed by atoms with E-state index in [0.717, 1.165) is 41.9 Å². The number of hydrogen-bond acceptors (Lipinski definition) is 4. The Morgan fingerprint density at radius 2 is 1.88 bits per heavy atom. The Balaban J connectivity index is 1.63. The molecule has 0 saturated carbocycles. The molecule has 0 unspecified atom stereocenters. The average Bonchev–Trinajstić information content (AvgIpc) is 3.28. The van der Waals surface area contributed by atoms with Crippen LogP contribution in [0.4, 0.5) is 5.69 Å². The Hall–Kier alpha value is -3.51. The van der Waals surface area contributed by atoms with Gasteiger partial charge in [-0.05, 0) is 30.2 Å². The molecule has 6 nitrogen and oxygen atoms in total. The molecule has 1 amide bonds. The first-order valence-corrected chi connectivity index (χ1v) is 11.2. The molecule has 2 aliphatic heterocycles. The van der Waals surface area contributed by atoms with E-state index >= 15 is 0 Å². The van der Waals surface area contributed by atoms with Crippen LogP contribution in [0, 0.1) is 6.92 Å². The number of quaternary nitrogens is 1. The first kappa shape index (κ1) is 21.3. The van der Waals surface area contributed by atoms with Gasteiger partial charge in [0.05, 0.1) is 26.3 Å². The monoisotopic (exact) mass is 445 g/mol. The number of anilines is 1. The summed E-state index contributed by atoms with van der Waals surface area (Å²) in [5.41, 5.74) is 5.00. The van der Waals surface area contributed by atoms with Crippen molar-refractivity contribution < 1.29 is 23.5 Å². The smallest absolute Gasteiger partial charge is 0.287 e. The van der Waals surface area contributed by atoms with E-state index in [0.29, 0.717) is 21.7 Å². The summed E-state index contributed by atoms with van der Waals surface area (Å²) in [6.45, 7) is 3.70. The Labute approximate surface area is 194 Å². The van der Waals surface area contributed by atoms with Gasteiger partial charge in [-0.1, -0.05) is 48.5 Å². The van der Waals surface area contributed by atoms with Gasteiger partial charge < -0.3 is 24.0 Å². The number of ether oxygens (including phenoxy) is 3. The third kappa shape index (κ3) is 3.80. The molecule has 2 atom stereocenters. The maximum atomic E-state index is 14.0. The highest BCUT2D eigenvalue weighted by Gasteiger charge is 2.47. The van der Waals surface area contributed by atoms with Crippen molar-refractivity contribution in [3.8, 4) is 17.2 Å². The summed E-state index contributed by atoms with van der Waals surface area (Å²) in [5, 5.41) is 3.20. The lowest BCUT2D eigenvalue weighted by molar-refractivity contribution is -0.944. The molecule has 2 aliphatic rings. The molecular weight excluding hydrogens is 416 g/mol. The van der Waals surface area contributed by atoms with Gasteiger partial charge in [-0.15, -0.1) is 0 Å². The third-order valence-corrected chi connectivity index (χ3v) is 6.77. The molecule has 0 aromatic heterocycles. The highest BCUT2D eigenvalue weighted by molar-refractivity contribution is 5.96. The van der Waals surface area contributed by atoms with Crippen LogP contribution in [0.15, 0.2) is 60.7 Å². The fourth-order valence-electron chi connectivity index (χ4n) is 5.10. The minimum atomic E-state index is -0.474. The zero-order valence-corrected chi connectivity index (χ0v) is 19.3. The highest BCUT2D eigenvalue weighted by Crippen LogP contribution is 2.51. The molecule has 0 fully saturated rings. The summed E-state index contributed by atoms with van der Waals surface area (Å²) in [7, 11) is 3.78. The second-order valence-corrected chi connectivity index (χ2v) is 9.02. The number of methoxy groups -OCH3 is 1. The fourth-order valence-corrected chi connectivity index (χ4v) is 5.10. The normalized spacial score (nSPS) is 20.8. The fraction of sp³-hybridized carbons (Fsp3) is 0.296. The number of nitrogens with zero attached hydrogens (tertiary/aromatic N) is 1. The van der Waals surface area contributed by atoms with Gasteiger partial charge in [0, 0.05) is 17.7 Å². The van der Waals surface area contributed by atoms with Gasteiger partial charge in [-0.3, -0.25) is 4.79 Å². The van der Waals surface area contributed by atoms with Gasteiger partial charge in [0.2, 0.25) is 12.5 Å². The number of hydrogen-bond donors (Lipinski definition) is 1. The molecule has 3 aromatic rings. The molecule has 0 bridgehead atoms. The van der Waals surface area contributed by atoms with Gasteiger partial charge in [-0.2, -0.15) is 0 Å². The van der Waals surface area contributed by atoms with Gasteiger partial charge in [-0.25, -0.2) is 0 Å². The Bertz CT molecular complexity index is 1190. The summed E-state index contributed by atoms with van der Waals surface area (Å²) in [4.78, 5) is 14.0. The number of aryl methyl sites for hydroxylation is 1. The predicted octanol–water partition coefficient (Wildman–Crippen LogP) is 4.62. The number of nitrogens with one attached hydrogen (secondary N) is 1. The van der Waals surface area contributed by atoms with Gasteiger partial charge in [0.25, 0.3) is 5.91 Å². The van der Waals surface area contributed by atoms with Crippen molar-refractivity contribution in [3.05, 3.63) is 82.9 Å². The molecule has 5 rings (SSSR count). The number of carbonyl (C=O) groups is 1. The minimum absolute atomic E-state index is 0.0548. The zero-order chi connectivity index (χ0) is 23.0. The van der Waals surface area contributed by atoms with Crippen LogP contribution in [0.25, 0.3) is 0 Å². The first-order valence-electron chi connectivity index (χ1n) is 11.2. The second-order valence-electron chi connectivity index (χ2n) is 9.02. The molecule has 2 heterocycles. The number of likely N-dealkylation sites (N-methyl/N-ethyl adjacent to an activating group) is 1. The van der Waals surface area contributed by atoms with E-state index < -0.39 is 6.04 Å². The van der Waals surface area contributed by atoms with E-state index in [-0.39, 0.29) is 12.7 Å². The maximum Gasteiger partial charge on any atom is 0.287 e. The number of fused-ring (bicyclic) bond motifs is 2. The van der Waals surface area contributed by atoms with Crippen LogP contribution in [0.3, 0.4) is 0 Å². The van der Waals surface area contributed by atoms with Crippen molar-refractivity contribution >= 4 is 11.6 Å². The number of amides is 1. The molecule has 1 N–H and O–H groups in total. The van der Waals surface area contributed by atoms with Gasteiger partial charge in [0.1, 0.15) is 6.54 Å². The lowest BCUT2D eigenvalue weighted by atomic mass is 9.87. The topological polar surface area (TPSA) is 56.8 Å². The molecule has 0 spiro atoms. The lowest BCUT2D eigenvalue weighted by Crippen LogP contribution is -2.54. The van der Waals surface area contributed by atoms with E-state index in [4.69, 9.17) is 14.2 Å². The third-order valence-electron chi connectivity index (χ3n) is 6.77. The molecule has 0 aliphatic carbocycles. The van der Waals surface area contributed by atoms with Crippen LogP contribution in [0.2, 0.25) is 0 Å². The molecule has 6 heteroatoms. The number of rotatable bonds is 5. The Morgan fingerprint density at radius 3 is 2.64 bits per heavy atom. The van der Waals surface area contributed by atoms with Crippen LogP contribution in [0.1, 0.15) is 28.3 Å². The molecule has 33 heavy (non-hydrogen) atoms. The number of para-hydroxylation sites is 1. The summed E-state index contributed by atoms with van der Waals surface area (Å²) in [5.74, 6) is 1.81. The zero-order valence-electron chi connectivity index (χ0n) is 19.3. The summed E-state index contributed by atoms with van der Waals surface area (Å²) < 4.78 is 17.8. The first-order chi connectivity index (χ1) is 16.0. The molecule has 0 saturated heterocycles. The second kappa shape index (κ2) is 8.45. The average molecular weight is 446 g/mol. The van der Waals surface area contributed by atoms with E-state index in [1.807, 2.05) is 55.5 Å². The summed E-state index contributed by atoms with van der Waals surface area (Å²) >= 11 is 0. The Morgan fingerprint density at radius 1 is 1.12 bits per heavy atom. The van der Waals surface area contributed by atoms with E-state index in [1.54, 1.807) is 7.11 Å². The van der Waals surface area contributed by atoms with Crippen molar-refractivity contribution in [2.45, 2.75) is 25.9 Å². The number of benzene rings is 3. The molecule has 170 valence electrons. The van der Waals surface area contributed by atoms with Crippen molar-refractivity contribution in [2.75, 3.05) is 32.8 Å². The maximum absolute atomic E-state index is 14.0. The van der Waals surface area contributed by atoms with E-state index in [1.165, 1.54) is 5.56 Å². The van der Waals surface area contributed by atoms with Gasteiger partial charge >= 0.3 is 0 Å². The molecular formula is C27H29N2O4+. The minimum Gasteiger partial charge on any atom is -0.492 e. The van der Waals surface area contributed by atoms with Crippen LogP contribution in [0.5, 0.6) is 17.2 Å². The van der Waals surface area contributed by atoms with Crippen LogP contribution >= 0.6 is 0 Å². The Kier molecular flexibility index (Phi) is 5.46. The molecule has 0 radical (unpaired) electrons. The van der Waals surface area contributed by atoms with Gasteiger partial charge in [0.15, 0.2) is 17.5 Å². The SMILES string of the molecule is COc1c2c(cc3c1[C@@H](C(=O)Nc1ccccc1C)[N@@+](C)(Cc1ccccc1)CC3)OCO2. The van der Waals surface area contributed by atoms with Crippen LogP contribution < -0.4 is 19.5 Å². The summed E-state index contributed by atoms with van der Waals surface area (Å²) in [6.07, 6.45) is 0.819. The van der Waals surface area contributed by atoms with Crippen molar-refractivity contribution in [1.82, 2.24) is 0 Å². The predicted molar refractivity (Wildman–Crippen MR) is 127 cm³/mol.